The van der Waals surface area contributed by atoms with Crippen LogP contribution in [0.15, 0.2) is 65.0 Å². The van der Waals surface area contributed by atoms with E-state index in [0.717, 1.165) is 11.3 Å². The van der Waals surface area contributed by atoms with E-state index in [1.165, 1.54) is 0 Å². The molecule has 1 amide bonds. The molecule has 1 heterocycles. The summed E-state index contributed by atoms with van der Waals surface area (Å²) in [6.07, 6.45) is 0. The lowest BCUT2D eigenvalue weighted by molar-refractivity contribution is 0.102. The normalized spacial score (nSPS) is 11.1. The van der Waals surface area contributed by atoms with Crippen LogP contribution in [0.5, 0.6) is 5.75 Å². The zero-order valence-corrected chi connectivity index (χ0v) is 15.7. The first kappa shape index (κ1) is 19.0. The fourth-order valence-electron chi connectivity index (χ4n) is 2.05. The molecule has 0 aliphatic heterocycles. The third-order valence-electron chi connectivity index (χ3n) is 3.30. The summed E-state index contributed by atoms with van der Waals surface area (Å²) in [6, 6.07) is 17.6. The third kappa shape index (κ3) is 5.33. The van der Waals surface area contributed by atoms with E-state index >= 15 is 0 Å². The summed E-state index contributed by atoms with van der Waals surface area (Å²) in [4.78, 5) is 12.1. The zero-order chi connectivity index (χ0) is 19.1. The second-order valence-corrected chi connectivity index (χ2v) is 8.17. The highest BCUT2D eigenvalue weighted by molar-refractivity contribution is 7.91. The number of nitrogens with zero attached hydrogens (tertiary/aromatic N) is 2. The summed E-state index contributed by atoms with van der Waals surface area (Å²) in [5.41, 5.74) is 0.438. The van der Waals surface area contributed by atoms with Gasteiger partial charge in [-0.2, -0.15) is 0 Å². The maximum atomic E-state index is 12.2. The number of hydrogen-bond acceptors (Lipinski definition) is 7. The molecule has 3 rings (SSSR count). The van der Waals surface area contributed by atoms with E-state index in [0.29, 0.717) is 11.3 Å². The predicted molar refractivity (Wildman–Crippen MR) is 101 cm³/mol. The number of nitrogens with one attached hydrogen (secondary N) is 2. The molecule has 8 nitrogen and oxygen atoms in total. The first-order chi connectivity index (χ1) is 13.0. The number of sulfonamides is 1. The molecule has 0 aliphatic rings. The third-order valence-corrected chi connectivity index (χ3v) is 5.97. The van der Waals surface area contributed by atoms with E-state index in [4.69, 9.17) is 4.74 Å². The van der Waals surface area contributed by atoms with Gasteiger partial charge in [0.2, 0.25) is 9.47 Å². The second-order valence-electron chi connectivity index (χ2n) is 5.25. The maximum Gasteiger partial charge on any atom is 0.269 e. The van der Waals surface area contributed by atoms with Crippen LogP contribution in [-0.2, 0) is 10.0 Å². The molecule has 0 radical (unpaired) electrons. The molecule has 0 saturated carbocycles. The number of aromatic nitrogens is 2. The van der Waals surface area contributed by atoms with Crippen molar-refractivity contribution in [2.24, 2.45) is 0 Å². The fourth-order valence-corrected chi connectivity index (χ4v) is 4.00. The molecule has 2 aromatic carbocycles. The average Bonchev–Trinajstić information content (AvgIpc) is 3.16. The molecular weight excluding hydrogens is 388 g/mol. The van der Waals surface area contributed by atoms with E-state index in [2.05, 4.69) is 20.2 Å². The van der Waals surface area contributed by atoms with Gasteiger partial charge in [0.25, 0.3) is 15.9 Å². The molecule has 0 fully saturated rings. The highest BCUT2D eigenvalue weighted by atomic mass is 32.2. The first-order valence-electron chi connectivity index (χ1n) is 7.92. The van der Waals surface area contributed by atoms with Gasteiger partial charge in [-0.1, -0.05) is 47.7 Å². The number of amides is 1. The zero-order valence-electron chi connectivity index (χ0n) is 14.0. The van der Waals surface area contributed by atoms with Crippen LogP contribution in [0.4, 0.5) is 5.13 Å². The molecular formula is C17H16N4O4S2. The van der Waals surface area contributed by atoms with Crippen LogP contribution in [0.1, 0.15) is 10.4 Å². The number of para-hydroxylation sites is 1. The molecule has 140 valence electrons. The maximum absolute atomic E-state index is 12.2. The lowest BCUT2D eigenvalue weighted by Gasteiger charge is -2.06. The molecule has 2 N–H and O–H groups in total. The number of carbonyl (C=O) groups excluding carboxylic acids is 1. The summed E-state index contributed by atoms with van der Waals surface area (Å²) in [6.45, 7) is 0.238. The lowest BCUT2D eigenvalue weighted by Crippen LogP contribution is -2.28. The van der Waals surface area contributed by atoms with Crippen LogP contribution >= 0.6 is 11.3 Å². The van der Waals surface area contributed by atoms with Crippen molar-refractivity contribution in [3.05, 3.63) is 66.2 Å². The van der Waals surface area contributed by atoms with Crippen LogP contribution < -0.4 is 14.8 Å². The van der Waals surface area contributed by atoms with Crippen molar-refractivity contribution in [1.29, 1.82) is 0 Å². The van der Waals surface area contributed by atoms with Gasteiger partial charge in [-0.15, -0.1) is 10.2 Å². The quantitative estimate of drug-likeness (QED) is 0.440. The van der Waals surface area contributed by atoms with Crippen LogP contribution in [-0.4, -0.2) is 37.7 Å². The Bertz CT molecular complexity index is 992. The summed E-state index contributed by atoms with van der Waals surface area (Å²) in [7, 11) is -3.83. The fraction of sp³-hybridized carbons (Fsp3) is 0.118. The van der Waals surface area contributed by atoms with Crippen molar-refractivity contribution in [2.75, 3.05) is 18.5 Å². The van der Waals surface area contributed by atoms with Gasteiger partial charge in [0.05, 0.1) is 0 Å². The van der Waals surface area contributed by atoms with Crippen LogP contribution in [0.25, 0.3) is 0 Å². The van der Waals surface area contributed by atoms with Crippen LogP contribution in [0.3, 0.4) is 0 Å². The average molecular weight is 404 g/mol. The van der Waals surface area contributed by atoms with Gasteiger partial charge in [-0.3, -0.25) is 10.1 Å². The number of hydrogen-bond donors (Lipinski definition) is 2. The standard InChI is InChI=1S/C17H16N4O4S2/c22-15(13-7-3-1-4-8-13)19-16-20-21-17(26-16)27(23,24)18-11-12-25-14-9-5-2-6-10-14/h1-10,18H,11-12H2,(H,19,20,22). The molecule has 0 bridgehead atoms. The molecule has 0 saturated heterocycles. The SMILES string of the molecule is O=C(Nc1nnc(S(=O)(=O)NCCOc2ccccc2)s1)c1ccccc1. The summed E-state index contributed by atoms with van der Waals surface area (Å²) in [5, 5.41) is 9.97. The number of anilines is 1. The van der Waals surface area contributed by atoms with Crippen molar-refractivity contribution in [3.63, 3.8) is 0 Å². The molecule has 0 aliphatic carbocycles. The van der Waals surface area contributed by atoms with E-state index < -0.39 is 10.0 Å². The van der Waals surface area contributed by atoms with Crippen LogP contribution in [0, 0.1) is 0 Å². The predicted octanol–water partition coefficient (Wildman–Crippen LogP) is 2.15. The van der Waals surface area contributed by atoms with Crippen molar-refractivity contribution in [3.8, 4) is 5.75 Å². The molecule has 10 heteroatoms. The minimum absolute atomic E-state index is 0.0719. The lowest BCUT2D eigenvalue weighted by atomic mass is 10.2. The van der Waals surface area contributed by atoms with Gasteiger partial charge in [-0.05, 0) is 24.3 Å². The van der Waals surface area contributed by atoms with Gasteiger partial charge in [0.15, 0.2) is 0 Å². The molecule has 1 aromatic heterocycles. The number of rotatable bonds is 8. The van der Waals surface area contributed by atoms with Crippen molar-refractivity contribution >= 4 is 32.4 Å². The van der Waals surface area contributed by atoms with E-state index in [1.54, 1.807) is 42.5 Å². The van der Waals surface area contributed by atoms with Crippen molar-refractivity contribution in [2.45, 2.75) is 4.34 Å². The van der Waals surface area contributed by atoms with Gasteiger partial charge in [0, 0.05) is 12.1 Å². The Morgan fingerprint density at radius 1 is 1.00 bits per heavy atom. The number of carbonyl (C=O) groups is 1. The number of ether oxygens (including phenoxy) is 1. The van der Waals surface area contributed by atoms with Crippen molar-refractivity contribution in [1.82, 2.24) is 14.9 Å². The van der Waals surface area contributed by atoms with E-state index in [9.17, 15) is 13.2 Å². The molecule has 0 spiro atoms. The Labute approximate surface area is 160 Å². The van der Waals surface area contributed by atoms with Crippen LogP contribution in [0.2, 0.25) is 0 Å². The topological polar surface area (TPSA) is 110 Å². The van der Waals surface area contributed by atoms with E-state index in [-0.39, 0.29) is 28.5 Å². The second kappa shape index (κ2) is 8.71. The highest BCUT2D eigenvalue weighted by Crippen LogP contribution is 2.20. The molecule has 0 unspecified atom stereocenters. The number of benzene rings is 2. The van der Waals surface area contributed by atoms with Gasteiger partial charge in [0.1, 0.15) is 12.4 Å². The first-order valence-corrected chi connectivity index (χ1v) is 10.2. The van der Waals surface area contributed by atoms with Crippen molar-refractivity contribution < 1.29 is 17.9 Å². The van der Waals surface area contributed by atoms with E-state index in [1.807, 2.05) is 18.2 Å². The Hall–Kier alpha value is -2.82. The monoisotopic (exact) mass is 404 g/mol. The summed E-state index contributed by atoms with van der Waals surface area (Å²) < 4.78 is 32.1. The Morgan fingerprint density at radius 2 is 1.67 bits per heavy atom. The largest absolute Gasteiger partial charge is 0.492 e. The Morgan fingerprint density at radius 3 is 2.37 bits per heavy atom. The molecule has 27 heavy (non-hydrogen) atoms. The Balaban J connectivity index is 1.53. The smallest absolute Gasteiger partial charge is 0.269 e. The summed E-state index contributed by atoms with van der Waals surface area (Å²) >= 11 is 0.772. The van der Waals surface area contributed by atoms with Gasteiger partial charge in [-0.25, -0.2) is 13.1 Å². The highest BCUT2D eigenvalue weighted by Gasteiger charge is 2.20. The van der Waals surface area contributed by atoms with Gasteiger partial charge >= 0.3 is 0 Å². The summed E-state index contributed by atoms with van der Waals surface area (Å²) in [5.74, 6) is 0.262. The Kier molecular flexibility index (Phi) is 6.12. The molecule has 3 aromatic rings. The van der Waals surface area contributed by atoms with Gasteiger partial charge < -0.3 is 4.74 Å². The minimum Gasteiger partial charge on any atom is -0.492 e. The minimum atomic E-state index is -3.83. The molecule has 0 atom stereocenters.